The fourth-order valence-electron chi connectivity index (χ4n) is 3.87. The van der Waals surface area contributed by atoms with Gasteiger partial charge in [0.2, 0.25) is 0 Å². The zero-order valence-corrected chi connectivity index (χ0v) is 20.6. The quantitative estimate of drug-likeness (QED) is 0.322. The topological polar surface area (TPSA) is 96.9 Å². The third-order valence-electron chi connectivity index (χ3n) is 5.30. The number of hydrogen-bond donors (Lipinski definition) is 2. The molecule has 7 nitrogen and oxygen atoms in total. The normalized spacial score (nSPS) is 11.2. The van der Waals surface area contributed by atoms with Gasteiger partial charge in [-0.1, -0.05) is 40.9 Å². The SMILES string of the molecule is Cc1cc(C)c2sc(NC(=O)c3cccc(C(=O)Nc4nc5cc(C)cc(C)c5s4)n3)nc2c1. The highest BCUT2D eigenvalue weighted by Crippen LogP contribution is 2.31. The average Bonchev–Trinajstić information content (AvgIpc) is 3.37. The molecule has 0 saturated carbocycles. The predicted molar refractivity (Wildman–Crippen MR) is 138 cm³/mol. The number of nitrogens with one attached hydrogen (secondary N) is 2. The first kappa shape index (κ1) is 22.1. The smallest absolute Gasteiger partial charge is 0.276 e. The van der Waals surface area contributed by atoms with Crippen molar-refractivity contribution in [3.8, 4) is 0 Å². The van der Waals surface area contributed by atoms with E-state index in [4.69, 9.17) is 0 Å². The van der Waals surface area contributed by atoms with E-state index in [0.717, 1.165) is 42.7 Å². The van der Waals surface area contributed by atoms with E-state index in [1.54, 1.807) is 18.2 Å². The Morgan fingerprint density at radius 1 is 0.676 bits per heavy atom. The van der Waals surface area contributed by atoms with Crippen molar-refractivity contribution in [2.24, 2.45) is 0 Å². The number of carbonyl (C=O) groups is 2. The van der Waals surface area contributed by atoms with Crippen LogP contribution in [0.1, 0.15) is 43.2 Å². The van der Waals surface area contributed by atoms with Crippen molar-refractivity contribution < 1.29 is 9.59 Å². The summed E-state index contributed by atoms with van der Waals surface area (Å²) < 4.78 is 2.06. The molecule has 5 rings (SSSR count). The minimum absolute atomic E-state index is 0.135. The molecule has 0 aliphatic carbocycles. The molecule has 0 saturated heterocycles. The van der Waals surface area contributed by atoms with Crippen LogP contribution in [0.15, 0.2) is 42.5 Å². The fraction of sp³-hybridized carbons (Fsp3) is 0.160. The summed E-state index contributed by atoms with van der Waals surface area (Å²) in [6.07, 6.45) is 0. The molecule has 2 aromatic carbocycles. The molecule has 0 aliphatic heterocycles. The number of hydrogen-bond acceptors (Lipinski definition) is 7. The molecule has 0 aliphatic rings. The van der Waals surface area contributed by atoms with Crippen molar-refractivity contribution in [3.63, 3.8) is 0 Å². The predicted octanol–water partition coefficient (Wildman–Crippen LogP) is 6.04. The fourth-order valence-corrected chi connectivity index (χ4v) is 5.69. The van der Waals surface area contributed by atoms with E-state index in [1.807, 2.05) is 39.8 Å². The summed E-state index contributed by atoms with van der Waals surface area (Å²) in [5.74, 6) is -0.844. The van der Waals surface area contributed by atoms with Gasteiger partial charge in [0.05, 0.1) is 20.4 Å². The van der Waals surface area contributed by atoms with E-state index in [-0.39, 0.29) is 11.4 Å². The van der Waals surface area contributed by atoms with Crippen LogP contribution in [0.4, 0.5) is 10.3 Å². The molecule has 3 heterocycles. The molecule has 2 N–H and O–H groups in total. The standard InChI is InChI=1S/C25H21N5O2S2/c1-12-8-14(3)20-18(10-12)27-24(33-20)29-22(31)16-6-5-7-17(26-16)23(32)30-25-28-19-11-13(2)9-15(4)21(19)34-25/h5-11H,1-4H3,(H,27,29,31)(H,28,30,32). The lowest BCUT2D eigenvalue weighted by molar-refractivity contribution is 0.101. The Bertz CT molecular complexity index is 1490. The summed E-state index contributed by atoms with van der Waals surface area (Å²) in [4.78, 5) is 38.9. The lowest BCUT2D eigenvalue weighted by atomic mass is 10.1. The lowest BCUT2D eigenvalue weighted by Crippen LogP contribution is -2.18. The van der Waals surface area contributed by atoms with Gasteiger partial charge in [-0.05, 0) is 74.2 Å². The van der Waals surface area contributed by atoms with Crippen LogP contribution in [-0.4, -0.2) is 26.8 Å². The number of rotatable bonds is 4. The first-order chi connectivity index (χ1) is 16.3. The first-order valence-electron chi connectivity index (χ1n) is 10.6. The molecule has 9 heteroatoms. The zero-order chi connectivity index (χ0) is 24.0. The summed E-state index contributed by atoms with van der Waals surface area (Å²) in [6.45, 7) is 8.08. The van der Waals surface area contributed by atoms with Crippen LogP contribution in [0.2, 0.25) is 0 Å². The second-order valence-electron chi connectivity index (χ2n) is 8.21. The van der Waals surface area contributed by atoms with Gasteiger partial charge in [-0.15, -0.1) is 0 Å². The van der Waals surface area contributed by atoms with Gasteiger partial charge in [-0.2, -0.15) is 0 Å². The van der Waals surface area contributed by atoms with E-state index >= 15 is 0 Å². The second kappa shape index (κ2) is 8.58. The zero-order valence-electron chi connectivity index (χ0n) is 19.0. The number of nitrogens with zero attached hydrogens (tertiary/aromatic N) is 3. The lowest BCUT2D eigenvalue weighted by Gasteiger charge is -2.04. The van der Waals surface area contributed by atoms with Crippen molar-refractivity contribution in [3.05, 3.63) is 76.1 Å². The number of aromatic nitrogens is 3. The number of anilines is 2. The van der Waals surface area contributed by atoms with Crippen LogP contribution in [0.3, 0.4) is 0 Å². The van der Waals surface area contributed by atoms with E-state index in [2.05, 4.69) is 37.7 Å². The minimum Gasteiger partial charge on any atom is -0.296 e. The van der Waals surface area contributed by atoms with Gasteiger partial charge in [0.1, 0.15) is 11.4 Å². The number of aryl methyl sites for hydroxylation is 4. The Hall–Kier alpha value is -3.69. The molecule has 0 fully saturated rings. The van der Waals surface area contributed by atoms with Gasteiger partial charge in [0, 0.05) is 0 Å². The summed E-state index contributed by atoms with van der Waals surface area (Å²) >= 11 is 2.83. The van der Waals surface area contributed by atoms with E-state index in [9.17, 15) is 9.59 Å². The van der Waals surface area contributed by atoms with E-state index in [1.165, 1.54) is 22.7 Å². The highest BCUT2D eigenvalue weighted by atomic mass is 32.1. The summed E-state index contributed by atoms with van der Waals surface area (Å²) in [5, 5.41) is 6.59. The minimum atomic E-state index is -0.422. The molecule has 2 amide bonds. The number of pyridine rings is 1. The van der Waals surface area contributed by atoms with Gasteiger partial charge >= 0.3 is 0 Å². The number of carbonyl (C=O) groups excluding carboxylic acids is 2. The molecule has 0 spiro atoms. The van der Waals surface area contributed by atoms with Crippen molar-refractivity contribution in [2.75, 3.05) is 10.6 Å². The maximum Gasteiger partial charge on any atom is 0.276 e. The Morgan fingerprint density at radius 3 is 1.56 bits per heavy atom. The van der Waals surface area contributed by atoms with Crippen molar-refractivity contribution in [2.45, 2.75) is 27.7 Å². The maximum absolute atomic E-state index is 12.8. The molecular weight excluding hydrogens is 466 g/mol. The third kappa shape index (κ3) is 4.27. The molecular formula is C25H21N5O2S2. The monoisotopic (exact) mass is 487 g/mol. The second-order valence-corrected chi connectivity index (χ2v) is 10.2. The number of thiazole rings is 2. The molecule has 3 aromatic heterocycles. The number of amides is 2. The van der Waals surface area contributed by atoms with Gasteiger partial charge in [0.15, 0.2) is 10.3 Å². The molecule has 5 aromatic rings. The number of fused-ring (bicyclic) bond motifs is 2. The van der Waals surface area contributed by atoms with E-state index in [0.29, 0.717) is 10.3 Å². The Kier molecular flexibility index (Phi) is 5.59. The molecule has 0 atom stereocenters. The molecule has 0 radical (unpaired) electrons. The number of benzene rings is 2. The van der Waals surface area contributed by atoms with Gasteiger partial charge in [-0.25, -0.2) is 15.0 Å². The highest BCUT2D eigenvalue weighted by Gasteiger charge is 2.17. The van der Waals surface area contributed by atoms with Crippen LogP contribution in [-0.2, 0) is 0 Å². The van der Waals surface area contributed by atoms with Gasteiger partial charge in [0.25, 0.3) is 11.8 Å². The van der Waals surface area contributed by atoms with Crippen molar-refractivity contribution >= 4 is 65.2 Å². The maximum atomic E-state index is 12.8. The molecule has 0 bridgehead atoms. The summed E-state index contributed by atoms with van der Waals surface area (Å²) in [7, 11) is 0. The van der Waals surface area contributed by atoms with Crippen LogP contribution in [0, 0.1) is 27.7 Å². The third-order valence-corrected chi connectivity index (χ3v) is 7.54. The van der Waals surface area contributed by atoms with Crippen LogP contribution in [0.25, 0.3) is 20.4 Å². The summed E-state index contributed by atoms with van der Waals surface area (Å²) in [6, 6.07) is 12.9. The van der Waals surface area contributed by atoms with Crippen LogP contribution < -0.4 is 10.6 Å². The van der Waals surface area contributed by atoms with Crippen LogP contribution in [0.5, 0.6) is 0 Å². The van der Waals surface area contributed by atoms with Crippen molar-refractivity contribution in [1.82, 2.24) is 15.0 Å². The Balaban J connectivity index is 1.35. The average molecular weight is 488 g/mol. The van der Waals surface area contributed by atoms with Crippen molar-refractivity contribution in [1.29, 1.82) is 0 Å². The first-order valence-corrected chi connectivity index (χ1v) is 12.3. The van der Waals surface area contributed by atoms with Gasteiger partial charge < -0.3 is 0 Å². The molecule has 34 heavy (non-hydrogen) atoms. The molecule has 170 valence electrons. The molecule has 0 unspecified atom stereocenters. The Morgan fingerprint density at radius 2 is 1.12 bits per heavy atom. The van der Waals surface area contributed by atoms with E-state index < -0.39 is 11.8 Å². The van der Waals surface area contributed by atoms with Gasteiger partial charge in [-0.3, -0.25) is 20.2 Å². The Labute approximate surface area is 203 Å². The largest absolute Gasteiger partial charge is 0.296 e. The van der Waals surface area contributed by atoms with Crippen LogP contribution >= 0.6 is 22.7 Å². The highest BCUT2D eigenvalue weighted by molar-refractivity contribution is 7.22. The summed E-state index contributed by atoms with van der Waals surface area (Å²) in [5.41, 5.74) is 6.43.